The molecule has 1 aromatic carbocycles. The van der Waals surface area contributed by atoms with E-state index >= 15 is 0 Å². The second-order valence-electron chi connectivity index (χ2n) is 4.86. The zero-order chi connectivity index (χ0) is 14.2. The van der Waals surface area contributed by atoms with Crippen molar-refractivity contribution < 1.29 is 4.74 Å². The molecule has 1 aliphatic rings. The number of morpholine rings is 1. The first-order valence-electron chi connectivity index (χ1n) is 6.81. The number of rotatable bonds is 2. The number of benzene rings is 1. The summed E-state index contributed by atoms with van der Waals surface area (Å²) in [6.07, 6.45) is 0. The fourth-order valence-electron chi connectivity index (χ4n) is 2.41. The molecule has 4 rings (SSSR count). The largest absolute Gasteiger partial charge is 0.378 e. The molecule has 0 spiro atoms. The van der Waals surface area contributed by atoms with E-state index in [1.807, 2.05) is 24.3 Å². The number of imidazole rings is 1. The van der Waals surface area contributed by atoms with Gasteiger partial charge in [0, 0.05) is 13.1 Å². The minimum atomic E-state index is 0.315. The molecular weight excluding hydrogens is 270 g/mol. The van der Waals surface area contributed by atoms with E-state index in [0.717, 1.165) is 24.1 Å². The van der Waals surface area contributed by atoms with Crippen molar-refractivity contribution in [2.24, 2.45) is 0 Å². The molecule has 0 unspecified atom stereocenters. The Balaban J connectivity index is 1.72. The van der Waals surface area contributed by atoms with Crippen LogP contribution in [0.5, 0.6) is 0 Å². The summed E-state index contributed by atoms with van der Waals surface area (Å²) in [7, 11) is 0. The fourth-order valence-corrected chi connectivity index (χ4v) is 2.41. The molecule has 1 fully saturated rings. The van der Waals surface area contributed by atoms with Crippen LogP contribution < -0.4 is 10.6 Å². The maximum atomic E-state index is 5.97. The van der Waals surface area contributed by atoms with E-state index in [9.17, 15) is 0 Å². The molecule has 3 heterocycles. The normalized spacial score (nSPS) is 15.7. The first kappa shape index (κ1) is 12.2. The Morgan fingerprint density at radius 2 is 1.95 bits per heavy atom. The van der Waals surface area contributed by atoms with Gasteiger partial charge >= 0.3 is 0 Å². The van der Waals surface area contributed by atoms with Crippen LogP contribution in [0.4, 0.5) is 11.9 Å². The van der Waals surface area contributed by atoms with Crippen molar-refractivity contribution in [2.75, 3.05) is 36.9 Å². The van der Waals surface area contributed by atoms with E-state index in [1.165, 1.54) is 4.68 Å². The first-order chi connectivity index (χ1) is 10.3. The Morgan fingerprint density at radius 3 is 2.76 bits per heavy atom. The van der Waals surface area contributed by atoms with E-state index in [4.69, 9.17) is 10.5 Å². The van der Waals surface area contributed by atoms with Crippen LogP contribution in [0.25, 0.3) is 17.0 Å². The lowest BCUT2D eigenvalue weighted by atomic mass is 10.3. The summed E-state index contributed by atoms with van der Waals surface area (Å²) in [5.74, 6) is 1.49. The third-order valence-electron chi connectivity index (χ3n) is 3.49. The standard InChI is InChI=1S/C13H15N7O/c14-11-17-13(19-5-7-21-8-6-19)18-20(11)12-15-9-3-1-2-4-10(9)16-12/h1-4H,5-8H2,(H,15,16)(H2,14,17,18). The summed E-state index contributed by atoms with van der Waals surface area (Å²) < 4.78 is 6.86. The highest BCUT2D eigenvalue weighted by atomic mass is 16.5. The molecule has 21 heavy (non-hydrogen) atoms. The summed E-state index contributed by atoms with van der Waals surface area (Å²) in [4.78, 5) is 14.1. The molecule has 8 nitrogen and oxygen atoms in total. The molecule has 0 amide bonds. The molecular formula is C13H15N7O. The van der Waals surface area contributed by atoms with E-state index in [0.29, 0.717) is 31.1 Å². The first-order valence-corrected chi connectivity index (χ1v) is 6.81. The number of nitrogens with zero attached hydrogens (tertiary/aromatic N) is 5. The lowest BCUT2D eigenvalue weighted by Gasteiger charge is -2.25. The minimum absolute atomic E-state index is 0.315. The zero-order valence-corrected chi connectivity index (χ0v) is 11.4. The van der Waals surface area contributed by atoms with Crippen LogP contribution in [0.1, 0.15) is 0 Å². The lowest BCUT2D eigenvalue weighted by Crippen LogP contribution is -2.37. The molecule has 3 aromatic rings. The molecule has 0 aliphatic carbocycles. The summed E-state index contributed by atoms with van der Waals surface area (Å²) in [6, 6.07) is 7.79. The Kier molecular flexibility index (Phi) is 2.74. The van der Waals surface area contributed by atoms with E-state index < -0.39 is 0 Å². The van der Waals surface area contributed by atoms with Gasteiger partial charge in [0.05, 0.1) is 24.2 Å². The van der Waals surface area contributed by atoms with Gasteiger partial charge in [-0.2, -0.15) is 9.67 Å². The SMILES string of the molecule is Nc1nc(N2CCOCC2)nn1-c1nc2ccccc2[nH]1. The van der Waals surface area contributed by atoms with Crippen molar-refractivity contribution in [3.63, 3.8) is 0 Å². The van der Waals surface area contributed by atoms with Crippen molar-refractivity contribution in [1.29, 1.82) is 0 Å². The van der Waals surface area contributed by atoms with E-state index in [2.05, 4.69) is 25.0 Å². The van der Waals surface area contributed by atoms with Crippen LogP contribution in [-0.4, -0.2) is 51.0 Å². The van der Waals surface area contributed by atoms with E-state index in [-0.39, 0.29) is 0 Å². The predicted molar refractivity (Wildman–Crippen MR) is 78.5 cm³/mol. The van der Waals surface area contributed by atoms with Gasteiger partial charge in [-0.3, -0.25) is 0 Å². The average Bonchev–Trinajstić information content (AvgIpc) is 3.11. The number of nitrogen functional groups attached to an aromatic ring is 1. The van der Waals surface area contributed by atoms with E-state index in [1.54, 1.807) is 0 Å². The van der Waals surface area contributed by atoms with Gasteiger partial charge in [0.15, 0.2) is 0 Å². The Hall–Kier alpha value is -2.61. The third-order valence-corrected chi connectivity index (χ3v) is 3.49. The number of nitrogens with one attached hydrogen (secondary N) is 1. The van der Waals surface area contributed by atoms with Gasteiger partial charge in [0.25, 0.3) is 0 Å². The highest BCUT2D eigenvalue weighted by Gasteiger charge is 2.19. The molecule has 8 heteroatoms. The molecule has 108 valence electrons. The van der Waals surface area contributed by atoms with Crippen molar-refractivity contribution in [1.82, 2.24) is 24.7 Å². The number of ether oxygens (including phenoxy) is 1. The van der Waals surface area contributed by atoms with Crippen molar-refractivity contribution in [3.8, 4) is 5.95 Å². The van der Waals surface area contributed by atoms with Crippen LogP contribution >= 0.6 is 0 Å². The number of anilines is 2. The van der Waals surface area contributed by atoms with Crippen LogP contribution in [-0.2, 0) is 4.74 Å². The van der Waals surface area contributed by atoms with Gasteiger partial charge in [-0.1, -0.05) is 12.1 Å². The van der Waals surface area contributed by atoms with Crippen molar-refractivity contribution in [3.05, 3.63) is 24.3 Å². The molecule has 1 saturated heterocycles. The van der Waals surface area contributed by atoms with Crippen LogP contribution in [0.2, 0.25) is 0 Å². The number of H-pyrrole nitrogens is 1. The summed E-state index contributed by atoms with van der Waals surface area (Å²) >= 11 is 0. The Labute approximate surface area is 120 Å². The van der Waals surface area contributed by atoms with Gasteiger partial charge in [0.2, 0.25) is 17.8 Å². The Bertz CT molecular complexity index is 739. The van der Waals surface area contributed by atoms with Gasteiger partial charge < -0.3 is 20.4 Å². The molecule has 0 atom stereocenters. The monoisotopic (exact) mass is 285 g/mol. The van der Waals surface area contributed by atoms with Crippen LogP contribution in [0, 0.1) is 0 Å². The molecule has 0 radical (unpaired) electrons. The third kappa shape index (κ3) is 2.09. The number of aromatic amines is 1. The van der Waals surface area contributed by atoms with Crippen LogP contribution in [0.15, 0.2) is 24.3 Å². The molecule has 0 saturated carbocycles. The minimum Gasteiger partial charge on any atom is -0.378 e. The Morgan fingerprint density at radius 1 is 1.14 bits per heavy atom. The number of aromatic nitrogens is 5. The van der Waals surface area contributed by atoms with Crippen molar-refractivity contribution >= 4 is 22.9 Å². The van der Waals surface area contributed by atoms with Gasteiger partial charge in [-0.25, -0.2) is 4.98 Å². The van der Waals surface area contributed by atoms with Crippen LogP contribution in [0.3, 0.4) is 0 Å². The number of fused-ring (bicyclic) bond motifs is 1. The summed E-state index contributed by atoms with van der Waals surface area (Å²) in [5, 5.41) is 4.46. The average molecular weight is 285 g/mol. The molecule has 3 N–H and O–H groups in total. The smallest absolute Gasteiger partial charge is 0.247 e. The molecule has 0 bridgehead atoms. The fraction of sp³-hybridized carbons (Fsp3) is 0.308. The molecule has 1 aliphatic heterocycles. The number of hydrogen-bond donors (Lipinski definition) is 2. The van der Waals surface area contributed by atoms with Gasteiger partial charge in [-0.15, -0.1) is 5.10 Å². The highest BCUT2D eigenvalue weighted by Crippen LogP contribution is 2.18. The quantitative estimate of drug-likeness (QED) is 0.714. The highest BCUT2D eigenvalue weighted by molar-refractivity contribution is 5.76. The second-order valence-corrected chi connectivity index (χ2v) is 4.86. The maximum Gasteiger partial charge on any atom is 0.247 e. The second kappa shape index (κ2) is 4.74. The van der Waals surface area contributed by atoms with Gasteiger partial charge in [0.1, 0.15) is 0 Å². The topological polar surface area (TPSA) is 97.9 Å². The zero-order valence-electron chi connectivity index (χ0n) is 11.4. The molecule has 2 aromatic heterocycles. The number of para-hydroxylation sites is 2. The maximum absolute atomic E-state index is 5.97. The number of nitrogens with two attached hydrogens (primary N) is 1. The number of hydrogen-bond acceptors (Lipinski definition) is 6. The summed E-state index contributed by atoms with van der Waals surface area (Å²) in [6.45, 7) is 2.89. The van der Waals surface area contributed by atoms with Gasteiger partial charge in [-0.05, 0) is 12.1 Å². The lowest BCUT2D eigenvalue weighted by molar-refractivity contribution is 0.122. The van der Waals surface area contributed by atoms with Crippen molar-refractivity contribution in [2.45, 2.75) is 0 Å². The predicted octanol–water partition coefficient (Wildman–Crippen LogP) is 0.562. The summed E-state index contributed by atoms with van der Waals surface area (Å²) in [5.41, 5.74) is 7.78.